The summed E-state index contributed by atoms with van der Waals surface area (Å²) in [4.78, 5) is 19.6. The quantitative estimate of drug-likeness (QED) is 0.726. The lowest BCUT2D eigenvalue weighted by Crippen LogP contribution is -2.43. The predicted molar refractivity (Wildman–Crippen MR) is 100 cm³/mol. The van der Waals surface area contributed by atoms with Crippen LogP contribution in [0.3, 0.4) is 0 Å². The van der Waals surface area contributed by atoms with E-state index in [1.165, 1.54) is 11.1 Å². The van der Waals surface area contributed by atoms with Crippen LogP contribution < -0.4 is 4.74 Å². The van der Waals surface area contributed by atoms with Crippen LogP contribution in [0, 0.1) is 0 Å². The van der Waals surface area contributed by atoms with Crippen LogP contribution in [-0.2, 0) is 0 Å². The van der Waals surface area contributed by atoms with Gasteiger partial charge in [0.1, 0.15) is 19.1 Å². The molecule has 1 unspecified atom stereocenters. The molecule has 27 heavy (non-hydrogen) atoms. The van der Waals surface area contributed by atoms with Crippen molar-refractivity contribution >= 4 is 12.1 Å². The summed E-state index contributed by atoms with van der Waals surface area (Å²) in [5, 5.41) is 0. The van der Waals surface area contributed by atoms with E-state index in [0.717, 1.165) is 38.6 Å². The fourth-order valence-electron chi connectivity index (χ4n) is 3.93. The molecule has 0 radical (unpaired) electrons. The third-order valence-electron chi connectivity index (χ3n) is 5.53. The van der Waals surface area contributed by atoms with Gasteiger partial charge in [0.15, 0.2) is 6.10 Å². The van der Waals surface area contributed by atoms with Gasteiger partial charge in [-0.1, -0.05) is 0 Å². The van der Waals surface area contributed by atoms with E-state index in [4.69, 9.17) is 4.74 Å². The number of benzene rings is 1. The lowest BCUT2D eigenvalue weighted by molar-refractivity contribution is 0.0645. The van der Waals surface area contributed by atoms with Gasteiger partial charge in [-0.15, -0.1) is 0 Å². The van der Waals surface area contributed by atoms with Crippen molar-refractivity contribution in [2.45, 2.75) is 50.3 Å². The monoisotopic (exact) mass is 374 g/mol. The third kappa shape index (κ3) is 3.89. The lowest BCUT2D eigenvalue weighted by atomic mass is 9.88. The van der Waals surface area contributed by atoms with Crippen LogP contribution in [0.25, 0.3) is 0 Å². The van der Waals surface area contributed by atoms with Crippen LogP contribution in [-0.4, -0.2) is 55.1 Å². The number of hydrogen-bond acceptors (Lipinski definition) is 3. The second-order valence-corrected chi connectivity index (χ2v) is 7.51. The highest BCUT2D eigenvalue weighted by atomic mass is 19.1. The summed E-state index contributed by atoms with van der Waals surface area (Å²) in [5.74, 6) is 0.403. The van der Waals surface area contributed by atoms with Gasteiger partial charge in [0.2, 0.25) is 0 Å². The van der Waals surface area contributed by atoms with Gasteiger partial charge in [-0.25, -0.2) is 8.78 Å². The Morgan fingerprint density at radius 2 is 1.89 bits per heavy atom. The second kappa shape index (κ2) is 7.79. The average molecular weight is 374 g/mol. The highest BCUT2D eigenvalue weighted by molar-refractivity contribution is 5.95. The molecule has 1 saturated carbocycles. The van der Waals surface area contributed by atoms with Crippen LogP contribution in [0.1, 0.15) is 42.5 Å². The van der Waals surface area contributed by atoms with Gasteiger partial charge in [0.05, 0.1) is 6.54 Å². The Labute approximate surface area is 157 Å². The van der Waals surface area contributed by atoms with Gasteiger partial charge in [-0.3, -0.25) is 9.79 Å². The summed E-state index contributed by atoms with van der Waals surface area (Å²) in [7, 11) is 0. The molecular weight excluding hydrogens is 350 g/mol. The first-order chi connectivity index (χ1) is 13.2. The molecule has 1 aromatic carbocycles. The van der Waals surface area contributed by atoms with Gasteiger partial charge >= 0.3 is 0 Å². The summed E-state index contributed by atoms with van der Waals surface area (Å²) in [6, 6.07) is 7.13. The molecule has 2 aliphatic carbocycles. The number of hydrogen-bond donors (Lipinski definition) is 0. The molecule has 0 spiro atoms. The molecule has 0 N–H and O–H groups in total. The summed E-state index contributed by atoms with van der Waals surface area (Å²) in [6.07, 6.45) is 5.87. The Kier molecular flexibility index (Phi) is 5.23. The second-order valence-electron chi connectivity index (χ2n) is 7.51. The lowest BCUT2D eigenvalue weighted by Gasteiger charge is -2.35. The van der Waals surface area contributed by atoms with Crippen molar-refractivity contribution in [2.75, 3.05) is 19.9 Å². The first-order valence-electron chi connectivity index (χ1n) is 9.61. The minimum atomic E-state index is -1.09. The molecular formula is C21H24F2N2O2. The van der Waals surface area contributed by atoms with E-state index in [-0.39, 0.29) is 11.9 Å². The molecule has 3 aliphatic rings. The van der Waals surface area contributed by atoms with Crippen molar-refractivity contribution in [3.8, 4) is 5.75 Å². The normalized spacial score (nSPS) is 21.5. The van der Waals surface area contributed by atoms with E-state index in [2.05, 4.69) is 9.89 Å². The van der Waals surface area contributed by atoms with Crippen molar-refractivity contribution in [1.29, 1.82) is 0 Å². The average Bonchev–Trinajstić information content (AvgIpc) is 3.42. The van der Waals surface area contributed by atoms with Crippen molar-refractivity contribution in [2.24, 2.45) is 4.99 Å². The van der Waals surface area contributed by atoms with E-state index in [1.54, 1.807) is 24.3 Å². The van der Waals surface area contributed by atoms with Crippen molar-refractivity contribution in [1.82, 2.24) is 4.90 Å². The first-order valence-corrected chi connectivity index (χ1v) is 9.61. The van der Waals surface area contributed by atoms with E-state index < -0.39 is 19.5 Å². The molecule has 144 valence electrons. The van der Waals surface area contributed by atoms with Crippen LogP contribution in [0.15, 0.2) is 40.4 Å². The molecule has 1 amide bonds. The molecule has 1 atom stereocenters. The van der Waals surface area contributed by atoms with Gasteiger partial charge < -0.3 is 9.64 Å². The Morgan fingerprint density at radius 1 is 1.15 bits per heavy atom. The summed E-state index contributed by atoms with van der Waals surface area (Å²) in [6.45, 7) is -0.940. The zero-order valence-electron chi connectivity index (χ0n) is 15.2. The van der Waals surface area contributed by atoms with Gasteiger partial charge in [-0.2, -0.15) is 0 Å². The molecule has 0 saturated heterocycles. The molecule has 1 aromatic rings. The fraction of sp³-hybridized carbons (Fsp3) is 0.524. The molecule has 1 aliphatic heterocycles. The highest BCUT2D eigenvalue weighted by Crippen LogP contribution is 2.37. The van der Waals surface area contributed by atoms with E-state index in [0.29, 0.717) is 17.4 Å². The maximum absolute atomic E-state index is 13.2. The number of carbonyl (C=O) groups is 1. The van der Waals surface area contributed by atoms with Gasteiger partial charge in [0, 0.05) is 23.9 Å². The van der Waals surface area contributed by atoms with Crippen LogP contribution in [0.4, 0.5) is 8.78 Å². The van der Waals surface area contributed by atoms with Crippen molar-refractivity contribution in [3.63, 3.8) is 0 Å². The molecule has 6 heteroatoms. The Balaban J connectivity index is 1.47. The zero-order chi connectivity index (χ0) is 18.8. The smallest absolute Gasteiger partial charge is 0.254 e. The molecule has 0 aromatic heterocycles. The van der Waals surface area contributed by atoms with Crippen molar-refractivity contribution < 1.29 is 18.3 Å². The van der Waals surface area contributed by atoms with Crippen molar-refractivity contribution in [3.05, 3.63) is 41.0 Å². The molecule has 1 heterocycles. The van der Waals surface area contributed by atoms with Crippen LogP contribution >= 0.6 is 0 Å². The van der Waals surface area contributed by atoms with Gasteiger partial charge in [0.25, 0.3) is 5.91 Å². The standard InChI is InChI=1S/C21H24F2N2O2/c22-10-20(11-23)27-19-7-2-14(3-8-19)21(26)25(17-5-6-17)18-4-1-15-12-24-13-16(15)9-18/h2-3,7-8,13,17-18,20H,1,4-6,9-12H2. The number of alkyl halides is 2. The number of rotatable bonds is 7. The molecule has 4 rings (SSSR count). The number of nitrogens with zero attached hydrogens (tertiary/aromatic N) is 2. The first kappa shape index (κ1) is 18.1. The van der Waals surface area contributed by atoms with E-state index in [1.807, 2.05) is 6.21 Å². The largest absolute Gasteiger partial charge is 0.485 e. The number of carbonyl (C=O) groups excluding carboxylic acids is 1. The Morgan fingerprint density at radius 3 is 2.56 bits per heavy atom. The number of aliphatic imine (C=N–C) groups is 1. The highest BCUT2D eigenvalue weighted by Gasteiger charge is 2.39. The molecule has 0 bridgehead atoms. The summed E-state index contributed by atoms with van der Waals surface area (Å²) >= 11 is 0. The Hall–Kier alpha value is -2.24. The topological polar surface area (TPSA) is 41.9 Å². The number of ether oxygens (including phenoxy) is 1. The van der Waals surface area contributed by atoms with E-state index in [9.17, 15) is 13.6 Å². The maximum atomic E-state index is 13.2. The summed E-state index contributed by atoms with van der Waals surface area (Å²) < 4.78 is 30.5. The zero-order valence-corrected chi connectivity index (χ0v) is 15.2. The Bertz CT molecular complexity index is 752. The SMILES string of the molecule is O=C(c1ccc(OC(CF)CF)cc1)N(C1CC1)C1CCC2=C(C=NC2)C1. The third-order valence-corrected chi connectivity index (χ3v) is 5.53. The van der Waals surface area contributed by atoms with E-state index >= 15 is 0 Å². The minimum absolute atomic E-state index is 0.0283. The number of amides is 1. The summed E-state index contributed by atoms with van der Waals surface area (Å²) in [5.41, 5.74) is 3.31. The fourth-order valence-corrected chi connectivity index (χ4v) is 3.93. The predicted octanol–water partition coefficient (Wildman–Crippen LogP) is 3.91. The maximum Gasteiger partial charge on any atom is 0.254 e. The van der Waals surface area contributed by atoms with Gasteiger partial charge in [-0.05, 0) is 67.5 Å². The molecule has 4 nitrogen and oxygen atoms in total. The minimum Gasteiger partial charge on any atom is -0.485 e. The number of halogens is 2. The van der Waals surface area contributed by atoms with Crippen LogP contribution in [0.5, 0.6) is 5.75 Å². The van der Waals surface area contributed by atoms with Crippen LogP contribution in [0.2, 0.25) is 0 Å². The molecule has 1 fully saturated rings.